The summed E-state index contributed by atoms with van der Waals surface area (Å²) in [5.74, 6) is 0.315. The number of phenolic OH excluding ortho intramolecular Hbond substituents is 1. The predicted octanol–water partition coefficient (Wildman–Crippen LogP) is 3.28. The van der Waals surface area contributed by atoms with Crippen molar-refractivity contribution in [1.82, 2.24) is 4.90 Å². The molecule has 1 aliphatic heterocycles. The molecule has 0 saturated carbocycles. The van der Waals surface area contributed by atoms with E-state index in [-0.39, 0.29) is 0 Å². The fraction of sp³-hybridized carbons (Fsp3) is 0.316. The minimum absolute atomic E-state index is 0.315. The SMILES string of the molecule is Cc1ccc(N=Cc2cccc(CN3CCOCC3)c2O)cc1. The molecule has 1 N–H and O–H groups in total. The van der Waals surface area contributed by atoms with Gasteiger partial charge in [-0.05, 0) is 25.1 Å². The summed E-state index contributed by atoms with van der Waals surface area (Å²) < 4.78 is 5.36. The Morgan fingerprint density at radius 1 is 1.13 bits per heavy atom. The molecular formula is C19H22N2O2. The quantitative estimate of drug-likeness (QED) is 0.882. The van der Waals surface area contributed by atoms with E-state index in [0.29, 0.717) is 5.75 Å². The Hall–Kier alpha value is -2.17. The summed E-state index contributed by atoms with van der Waals surface area (Å²) in [4.78, 5) is 6.74. The molecule has 0 bridgehead atoms. The molecule has 0 atom stereocenters. The van der Waals surface area contributed by atoms with Crippen molar-refractivity contribution in [1.29, 1.82) is 0 Å². The zero-order valence-corrected chi connectivity index (χ0v) is 13.4. The average Bonchev–Trinajstić information content (AvgIpc) is 2.58. The summed E-state index contributed by atoms with van der Waals surface area (Å²) in [6.45, 7) is 6.11. The summed E-state index contributed by atoms with van der Waals surface area (Å²) in [5.41, 5.74) is 3.77. The van der Waals surface area contributed by atoms with Crippen LogP contribution in [-0.4, -0.2) is 42.5 Å². The van der Waals surface area contributed by atoms with Crippen LogP contribution >= 0.6 is 0 Å². The van der Waals surface area contributed by atoms with Gasteiger partial charge in [0.05, 0.1) is 18.9 Å². The van der Waals surface area contributed by atoms with E-state index in [0.717, 1.165) is 49.7 Å². The van der Waals surface area contributed by atoms with Crippen LogP contribution in [0.1, 0.15) is 16.7 Å². The molecule has 1 fully saturated rings. The van der Waals surface area contributed by atoms with E-state index in [1.807, 2.05) is 42.5 Å². The second-order valence-corrected chi connectivity index (χ2v) is 5.84. The zero-order chi connectivity index (χ0) is 16.1. The maximum atomic E-state index is 10.5. The lowest BCUT2D eigenvalue weighted by Gasteiger charge is -2.26. The Labute approximate surface area is 137 Å². The van der Waals surface area contributed by atoms with Crippen molar-refractivity contribution in [2.45, 2.75) is 13.5 Å². The van der Waals surface area contributed by atoms with E-state index < -0.39 is 0 Å². The van der Waals surface area contributed by atoms with E-state index in [4.69, 9.17) is 4.74 Å². The summed E-state index contributed by atoms with van der Waals surface area (Å²) in [7, 11) is 0. The lowest BCUT2D eigenvalue weighted by atomic mass is 10.1. The number of benzene rings is 2. The molecule has 120 valence electrons. The number of nitrogens with zero attached hydrogens (tertiary/aromatic N) is 2. The Bertz CT molecular complexity index is 674. The zero-order valence-electron chi connectivity index (χ0n) is 13.4. The summed E-state index contributed by atoms with van der Waals surface area (Å²) >= 11 is 0. The van der Waals surface area contributed by atoms with Crippen LogP contribution < -0.4 is 0 Å². The summed E-state index contributed by atoms with van der Waals surface area (Å²) in [6.07, 6.45) is 1.73. The monoisotopic (exact) mass is 310 g/mol. The van der Waals surface area contributed by atoms with Crippen molar-refractivity contribution < 1.29 is 9.84 Å². The van der Waals surface area contributed by atoms with E-state index in [1.165, 1.54) is 5.56 Å². The highest BCUT2D eigenvalue weighted by Crippen LogP contribution is 2.24. The smallest absolute Gasteiger partial charge is 0.128 e. The average molecular weight is 310 g/mol. The summed E-state index contributed by atoms with van der Waals surface area (Å²) in [5, 5.41) is 10.5. The first-order valence-electron chi connectivity index (χ1n) is 7.94. The number of aromatic hydroxyl groups is 1. The van der Waals surface area contributed by atoms with Gasteiger partial charge < -0.3 is 9.84 Å². The molecule has 1 saturated heterocycles. The number of morpholine rings is 1. The molecule has 0 spiro atoms. The molecule has 2 aromatic carbocycles. The standard InChI is InChI=1S/C19H22N2O2/c1-15-5-7-18(8-6-15)20-13-16-3-2-4-17(19(16)22)14-21-9-11-23-12-10-21/h2-8,13,22H,9-12,14H2,1H3. The number of hydrogen-bond acceptors (Lipinski definition) is 4. The molecule has 23 heavy (non-hydrogen) atoms. The Kier molecular flexibility index (Phi) is 5.05. The van der Waals surface area contributed by atoms with Crippen LogP contribution in [0.5, 0.6) is 5.75 Å². The lowest BCUT2D eigenvalue weighted by molar-refractivity contribution is 0.0339. The minimum atomic E-state index is 0.315. The lowest BCUT2D eigenvalue weighted by Crippen LogP contribution is -2.35. The van der Waals surface area contributed by atoms with Crippen LogP contribution in [0.2, 0.25) is 0 Å². The number of aliphatic imine (C=N–C) groups is 1. The molecule has 0 aromatic heterocycles. The van der Waals surface area contributed by atoms with Gasteiger partial charge in [-0.25, -0.2) is 0 Å². The number of rotatable bonds is 4. The van der Waals surface area contributed by atoms with Crippen molar-refractivity contribution >= 4 is 11.9 Å². The predicted molar refractivity (Wildman–Crippen MR) is 92.6 cm³/mol. The van der Waals surface area contributed by atoms with Crippen LogP contribution in [0.3, 0.4) is 0 Å². The second-order valence-electron chi connectivity index (χ2n) is 5.84. The van der Waals surface area contributed by atoms with Crippen molar-refractivity contribution in [2.24, 2.45) is 4.99 Å². The molecule has 0 radical (unpaired) electrons. The minimum Gasteiger partial charge on any atom is -0.507 e. The number of phenols is 1. The maximum Gasteiger partial charge on any atom is 0.128 e. The van der Waals surface area contributed by atoms with Crippen molar-refractivity contribution in [3.05, 3.63) is 59.2 Å². The van der Waals surface area contributed by atoms with Crippen LogP contribution in [-0.2, 0) is 11.3 Å². The molecule has 3 rings (SSSR count). The third-order valence-corrected chi connectivity index (χ3v) is 4.04. The highest BCUT2D eigenvalue weighted by Gasteiger charge is 2.13. The maximum absolute atomic E-state index is 10.5. The van der Waals surface area contributed by atoms with Crippen molar-refractivity contribution in [3.63, 3.8) is 0 Å². The van der Waals surface area contributed by atoms with Crippen molar-refractivity contribution in [2.75, 3.05) is 26.3 Å². The van der Waals surface area contributed by atoms with E-state index >= 15 is 0 Å². The second kappa shape index (κ2) is 7.40. The summed E-state index contributed by atoms with van der Waals surface area (Å²) in [6, 6.07) is 13.8. The van der Waals surface area contributed by atoms with Crippen LogP contribution in [0.15, 0.2) is 47.5 Å². The third-order valence-electron chi connectivity index (χ3n) is 4.04. The molecule has 4 nitrogen and oxygen atoms in total. The molecule has 1 heterocycles. The fourth-order valence-corrected chi connectivity index (χ4v) is 2.62. The van der Waals surface area contributed by atoms with Gasteiger partial charge in [0.2, 0.25) is 0 Å². The first kappa shape index (κ1) is 15.7. The van der Waals surface area contributed by atoms with Gasteiger partial charge in [-0.3, -0.25) is 9.89 Å². The Morgan fingerprint density at radius 2 is 1.87 bits per heavy atom. The van der Waals surface area contributed by atoms with Gasteiger partial charge in [0.25, 0.3) is 0 Å². The molecule has 0 unspecified atom stereocenters. The van der Waals surface area contributed by atoms with Gasteiger partial charge in [0.15, 0.2) is 0 Å². The molecule has 0 aliphatic carbocycles. The van der Waals surface area contributed by atoms with E-state index in [2.05, 4.69) is 16.8 Å². The van der Waals surface area contributed by atoms with Gasteiger partial charge in [0, 0.05) is 37.0 Å². The Balaban J connectivity index is 1.74. The van der Waals surface area contributed by atoms with Crippen LogP contribution in [0, 0.1) is 6.92 Å². The molecule has 4 heteroatoms. The van der Waals surface area contributed by atoms with E-state index in [1.54, 1.807) is 6.21 Å². The molecular weight excluding hydrogens is 288 g/mol. The van der Waals surface area contributed by atoms with Gasteiger partial charge in [-0.15, -0.1) is 0 Å². The van der Waals surface area contributed by atoms with Crippen molar-refractivity contribution in [3.8, 4) is 5.75 Å². The number of para-hydroxylation sites is 1. The normalized spacial score (nSPS) is 16.0. The first-order chi connectivity index (χ1) is 11.2. The van der Waals surface area contributed by atoms with Crippen LogP contribution in [0.25, 0.3) is 0 Å². The molecule has 0 amide bonds. The third kappa shape index (κ3) is 4.18. The van der Waals surface area contributed by atoms with E-state index in [9.17, 15) is 5.11 Å². The largest absolute Gasteiger partial charge is 0.507 e. The fourth-order valence-electron chi connectivity index (χ4n) is 2.62. The van der Waals surface area contributed by atoms with Gasteiger partial charge in [-0.2, -0.15) is 0 Å². The van der Waals surface area contributed by atoms with Gasteiger partial charge in [-0.1, -0.05) is 29.8 Å². The Morgan fingerprint density at radius 3 is 2.61 bits per heavy atom. The number of ether oxygens (including phenoxy) is 1. The van der Waals surface area contributed by atoms with Gasteiger partial charge in [0.1, 0.15) is 5.75 Å². The van der Waals surface area contributed by atoms with Gasteiger partial charge >= 0.3 is 0 Å². The molecule has 2 aromatic rings. The highest BCUT2D eigenvalue weighted by molar-refractivity contribution is 5.85. The topological polar surface area (TPSA) is 45.1 Å². The molecule has 1 aliphatic rings. The number of hydrogen-bond donors (Lipinski definition) is 1. The number of aryl methyl sites for hydroxylation is 1. The van der Waals surface area contributed by atoms with Crippen LogP contribution in [0.4, 0.5) is 5.69 Å². The first-order valence-corrected chi connectivity index (χ1v) is 7.94. The highest BCUT2D eigenvalue weighted by atomic mass is 16.5.